The summed E-state index contributed by atoms with van der Waals surface area (Å²) in [6, 6.07) is 8.83. The molecule has 7 heteroatoms. The summed E-state index contributed by atoms with van der Waals surface area (Å²) in [7, 11) is 1.52. The van der Waals surface area contributed by atoms with Gasteiger partial charge < -0.3 is 24.4 Å². The lowest BCUT2D eigenvalue weighted by atomic mass is 10.1. The van der Waals surface area contributed by atoms with Crippen molar-refractivity contribution in [2.75, 3.05) is 37.1 Å². The van der Waals surface area contributed by atoms with Crippen molar-refractivity contribution in [2.24, 2.45) is 0 Å². The molecule has 0 saturated carbocycles. The van der Waals surface area contributed by atoms with Gasteiger partial charge in [-0.2, -0.15) is 0 Å². The van der Waals surface area contributed by atoms with E-state index in [9.17, 15) is 9.59 Å². The third-order valence-electron chi connectivity index (χ3n) is 4.91. The lowest BCUT2D eigenvalue weighted by molar-refractivity contribution is -0.117. The summed E-state index contributed by atoms with van der Waals surface area (Å²) in [5.74, 6) is 1.33. The zero-order chi connectivity index (χ0) is 19.7. The van der Waals surface area contributed by atoms with Crippen molar-refractivity contribution in [3.8, 4) is 17.2 Å². The van der Waals surface area contributed by atoms with E-state index in [0.29, 0.717) is 48.1 Å². The van der Waals surface area contributed by atoms with E-state index in [0.717, 1.165) is 24.2 Å². The molecular weight excluding hydrogens is 360 g/mol. The standard InChI is InChI=1S/C21H22N2O5/c1-13-10-15(5-6-16(13)23-7-3-4-19(23)24)22-21(25)14-11-17(26-2)20-18(12-14)27-8-9-28-20/h5-6,10-12H,3-4,7-9H2,1-2H3,(H,22,25). The van der Waals surface area contributed by atoms with Gasteiger partial charge in [0, 0.05) is 29.9 Å². The predicted molar refractivity (Wildman–Crippen MR) is 105 cm³/mol. The first-order chi connectivity index (χ1) is 13.6. The van der Waals surface area contributed by atoms with E-state index in [1.807, 2.05) is 19.1 Å². The Morgan fingerprint density at radius 2 is 2.00 bits per heavy atom. The molecule has 4 rings (SSSR count). The highest BCUT2D eigenvalue weighted by atomic mass is 16.6. The second-order valence-corrected chi connectivity index (χ2v) is 6.81. The maximum Gasteiger partial charge on any atom is 0.255 e. The average molecular weight is 382 g/mol. The van der Waals surface area contributed by atoms with Gasteiger partial charge in [-0.3, -0.25) is 9.59 Å². The maximum atomic E-state index is 12.7. The SMILES string of the molecule is COc1cc(C(=O)Nc2ccc(N3CCCC3=O)c(C)c2)cc2c1OCCO2. The fourth-order valence-electron chi connectivity index (χ4n) is 3.55. The van der Waals surface area contributed by atoms with Crippen LogP contribution in [0.2, 0.25) is 0 Å². The quantitative estimate of drug-likeness (QED) is 0.879. The Labute approximate surface area is 163 Å². The Bertz CT molecular complexity index is 923. The molecule has 1 saturated heterocycles. The van der Waals surface area contributed by atoms with Crippen LogP contribution in [0.1, 0.15) is 28.8 Å². The van der Waals surface area contributed by atoms with Crippen molar-refractivity contribution in [3.63, 3.8) is 0 Å². The number of nitrogens with one attached hydrogen (secondary N) is 1. The number of carbonyl (C=O) groups is 2. The number of hydrogen-bond donors (Lipinski definition) is 1. The van der Waals surface area contributed by atoms with Crippen LogP contribution < -0.4 is 24.4 Å². The first kappa shape index (κ1) is 18.2. The minimum absolute atomic E-state index is 0.142. The van der Waals surface area contributed by atoms with Crippen molar-refractivity contribution in [3.05, 3.63) is 41.5 Å². The summed E-state index contributed by atoms with van der Waals surface area (Å²) >= 11 is 0. The Kier molecular flexibility index (Phi) is 4.81. The zero-order valence-corrected chi connectivity index (χ0v) is 15.9. The number of benzene rings is 2. The Morgan fingerprint density at radius 1 is 1.18 bits per heavy atom. The number of methoxy groups -OCH3 is 1. The summed E-state index contributed by atoms with van der Waals surface area (Å²) in [6.07, 6.45) is 1.46. The van der Waals surface area contributed by atoms with E-state index >= 15 is 0 Å². The van der Waals surface area contributed by atoms with Crippen molar-refractivity contribution >= 4 is 23.2 Å². The van der Waals surface area contributed by atoms with Crippen LogP contribution in [-0.2, 0) is 4.79 Å². The molecular formula is C21H22N2O5. The first-order valence-electron chi connectivity index (χ1n) is 9.27. The van der Waals surface area contributed by atoms with Gasteiger partial charge in [-0.15, -0.1) is 0 Å². The average Bonchev–Trinajstić information content (AvgIpc) is 3.12. The predicted octanol–water partition coefficient (Wildman–Crippen LogP) is 3.15. The van der Waals surface area contributed by atoms with E-state index in [-0.39, 0.29) is 11.8 Å². The highest BCUT2D eigenvalue weighted by Gasteiger charge is 2.24. The number of aryl methyl sites for hydroxylation is 1. The van der Waals surface area contributed by atoms with Gasteiger partial charge in [0.05, 0.1) is 7.11 Å². The Balaban J connectivity index is 1.55. The summed E-state index contributed by atoms with van der Waals surface area (Å²) in [5.41, 5.74) is 2.90. The summed E-state index contributed by atoms with van der Waals surface area (Å²) in [6.45, 7) is 3.54. The number of amides is 2. The van der Waals surface area contributed by atoms with Gasteiger partial charge in [0.15, 0.2) is 11.5 Å². The van der Waals surface area contributed by atoms with E-state index in [1.54, 1.807) is 23.1 Å². The van der Waals surface area contributed by atoms with Crippen LogP contribution >= 0.6 is 0 Å². The second-order valence-electron chi connectivity index (χ2n) is 6.81. The monoisotopic (exact) mass is 382 g/mol. The highest BCUT2D eigenvalue weighted by Crippen LogP contribution is 2.40. The molecule has 0 aromatic heterocycles. The number of ether oxygens (including phenoxy) is 3. The fourth-order valence-corrected chi connectivity index (χ4v) is 3.55. The number of nitrogens with zero attached hydrogens (tertiary/aromatic N) is 1. The lowest BCUT2D eigenvalue weighted by Gasteiger charge is -2.21. The molecule has 0 atom stereocenters. The molecule has 0 bridgehead atoms. The first-order valence-corrected chi connectivity index (χ1v) is 9.27. The van der Waals surface area contributed by atoms with E-state index in [4.69, 9.17) is 14.2 Å². The van der Waals surface area contributed by atoms with Gasteiger partial charge in [-0.25, -0.2) is 0 Å². The van der Waals surface area contributed by atoms with Crippen molar-refractivity contribution < 1.29 is 23.8 Å². The molecule has 2 aliphatic heterocycles. The van der Waals surface area contributed by atoms with E-state index in [1.165, 1.54) is 7.11 Å². The Hall–Kier alpha value is -3.22. The normalized spacial score (nSPS) is 15.5. The van der Waals surface area contributed by atoms with Crippen LogP contribution in [0.4, 0.5) is 11.4 Å². The molecule has 0 radical (unpaired) electrons. The van der Waals surface area contributed by atoms with Gasteiger partial charge in [0.1, 0.15) is 13.2 Å². The minimum atomic E-state index is -0.278. The highest BCUT2D eigenvalue weighted by molar-refractivity contribution is 6.05. The molecule has 2 aromatic rings. The molecule has 2 amide bonds. The minimum Gasteiger partial charge on any atom is -0.493 e. The van der Waals surface area contributed by atoms with E-state index in [2.05, 4.69) is 5.32 Å². The van der Waals surface area contributed by atoms with E-state index < -0.39 is 0 Å². The van der Waals surface area contributed by atoms with Crippen LogP contribution in [0, 0.1) is 6.92 Å². The largest absolute Gasteiger partial charge is 0.493 e. The summed E-state index contributed by atoms with van der Waals surface area (Å²) < 4.78 is 16.5. The van der Waals surface area contributed by atoms with Crippen LogP contribution in [0.25, 0.3) is 0 Å². The van der Waals surface area contributed by atoms with Crippen molar-refractivity contribution in [2.45, 2.75) is 19.8 Å². The Morgan fingerprint density at radius 3 is 2.71 bits per heavy atom. The molecule has 28 heavy (non-hydrogen) atoms. The van der Waals surface area contributed by atoms with Gasteiger partial charge in [-0.1, -0.05) is 0 Å². The molecule has 0 aliphatic carbocycles. The second kappa shape index (κ2) is 7.42. The lowest BCUT2D eigenvalue weighted by Crippen LogP contribution is -2.24. The number of hydrogen-bond acceptors (Lipinski definition) is 5. The maximum absolute atomic E-state index is 12.7. The van der Waals surface area contributed by atoms with Gasteiger partial charge >= 0.3 is 0 Å². The molecule has 2 heterocycles. The number of rotatable bonds is 4. The zero-order valence-electron chi connectivity index (χ0n) is 15.9. The fraction of sp³-hybridized carbons (Fsp3) is 0.333. The molecule has 0 spiro atoms. The molecule has 0 unspecified atom stereocenters. The molecule has 146 valence electrons. The molecule has 2 aromatic carbocycles. The molecule has 7 nitrogen and oxygen atoms in total. The van der Waals surface area contributed by atoms with Gasteiger partial charge in [0.2, 0.25) is 11.7 Å². The number of fused-ring (bicyclic) bond motifs is 1. The van der Waals surface area contributed by atoms with Crippen molar-refractivity contribution in [1.82, 2.24) is 0 Å². The third kappa shape index (κ3) is 3.35. The smallest absolute Gasteiger partial charge is 0.255 e. The molecule has 1 N–H and O–H groups in total. The number of carbonyl (C=O) groups excluding carboxylic acids is 2. The van der Waals surface area contributed by atoms with Gasteiger partial charge in [0.25, 0.3) is 5.91 Å². The summed E-state index contributed by atoms with van der Waals surface area (Å²) in [4.78, 5) is 26.5. The topological polar surface area (TPSA) is 77.1 Å². The van der Waals surface area contributed by atoms with Gasteiger partial charge in [-0.05, 0) is 49.2 Å². The number of anilines is 2. The van der Waals surface area contributed by atoms with Crippen molar-refractivity contribution in [1.29, 1.82) is 0 Å². The summed E-state index contributed by atoms with van der Waals surface area (Å²) in [5, 5.41) is 2.89. The van der Waals surface area contributed by atoms with Crippen LogP contribution in [0.3, 0.4) is 0 Å². The van der Waals surface area contributed by atoms with Crippen LogP contribution in [-0.4, -0.2) is 38.7 Å². The molecule has 2 aliphatic rings. The third-order valence-corrected chi connectivity index (χ3v) is 4.91. The van der Waals surface area contributed by atoms with Crippen LogP contribution in [0.15, 0.2) is 30.3 Å². The molecule has 1 fully saturated rings. The van der Waals surface area contributed by atoms with Crippen LogP contribution in [0.5, 0.6) is 17.2 Å².